The fourth-order valence-electron chi connectivity index (χ4n) is 2.57. The first kappa shape index (κ1) is 15.3. The van der Waals surface area contributed by atoms with Crippen molar-refractivity contribution in [3.63, 3.8) is 0 Å². The number of ether oxygens (including phenoxy) is 1. The first-order valence-electron chi connectivity index (χ1n) is 7.32. The van der Waals surface area contributed by atoms with Crippen molar-refractivity contribution in [3.05, 3.63) is 23.4 Å². The number of rotatable bonds is 2. The molecule has 1 aliphatic rings. The lowest BCUT2D eigenvalue weighted by atomic mass is 9.90. The van der Waals surface area contributed by atoms with Gasteiger partial charge in [0.1, 0.15) is 5.82 Å². The molecule has 4 nitrogen and oxygen atoms in total. The minimum absolute atomic E-state index is 0.0244. The predicted octanol–water partition coefficient (Wildman–Crippen LogP) is 2.49. The second-order valence-electron chi connectivity index (χ2n) is 6.79. The zero-order chi connectivity index (χ0) is 14.9. The highest BCUT2D eigenvalue weighted by Gasteiger charge is 2.25. The molecule has 1 saturated heterocycles. The maximum Gasteiger partial charge on any atom is 0.129 e. The van der Waals surface area contributed by atoms with Crippen molar-refractivity contribution < 1.29 is 9.84 Å². The number of aromatic nitrogens is 1. The minimum Gasteiger partial charge on any atom is -0.392 e. The predicted molar refractivity (Wildman–Crippen MR) is 81.1 cm³/mol. The fraction of sp³-hybridized carbons (Fsp3) is 0.688. The molecule has 1 aliphatic heterocycles. The molecule has 1 aromatic heterocycles. The van der Waals surface area contributed by atoms with Crippen molar-refractivity contribution in [1.29, 1.82) is 0 Å². The maximum absolute atomic E-state index is 9.48. The van der Waals surface area contributed by atoms with Crippen LogP contribution in [0.4, 0.5) is 5.82 Å². The van der Waals surface area contributed by atoms with E-state index in [9.17, 15) is 5.11 Å². The van der Waals surface area contributed by atoms with E-state index in [1.165, 1.54) is 0 Å². The Morgan fingerprint density at radius 2 is 1.85 bits per heavy atom. The lowest BCUT2D eigenvalue weighted by molar-refractivity contribution is -0.00548. The topological polar surface area (TPSA) is 45.6 Å². The summed E-state index contributed by atoms with van der Waals surface area (Å²) in [5, 5.41) is 9.48. The Bertz CT molecular complexity index is 458. The lowest BCUT2D eigenvalue weighted by Crippen LogP contribution is -2.46. The average Bonchev–Trinajstić information content (AvgIpc) is 2.36. The van der Waals surface area contributed by atoms with Gasteiger partial charge in [-0.1, -0.05) is 20.8 Å². The van der Waals surface area contributed by atoms with Crippen LogP contribution in [0.1, 0.15) is 45.9 Å². The van der Waals surface area contributed by atoms with Gasteiger partial charge in [0.15, 0.2) is 0 Å². The summed E-state index contributed by atoms with van der Waals surface area (Å²) in [6.45, 7) is 12.3. The average molecular weight is 278 g/mol. The van der Waals surface area contributed by atoms with Gasteiger partial charge in [-0.2, -0.15) is 0 Å². The van der Waals surface area contributed by atoms with Crippen molar-refractivity contribution in [3.8, 4) is 0 Å². The summed E-state index contributed by atoms with van der Waals surface area (Å²) in [7, 11) is 0. The number of morpholine rings is 1. The van der Waals surface area contributed by atoms with Crippen molar-refractivity contribution >= 4 is 5.82 Å². The largest absolute Gasteiger partial charge is 0.392 e. The van der Waals surface area contributed by atoms with Gasteiger partial charge in [-0.25, -0.2) is 4.98 Å². The monoisotopic (exact) mass is 278 g/mol. The van der Waals surface area contributed by atoms with Crippen LogP contribution in [0, 0.1) is 0 Å². The van der Waals surface area contributed by atoms with E-state index in [0.717, 1.165) is 30.2 Å². The molecule has 0 radical (unpaired) electrons. The molecular weight excluding hydrogens is 252 g/mol. The lowest BCUT2D eigenvalue weighted by Gasteiger charge is -2.36. The Labute approximate surface area is 121 Å². The molecule has 2 heterocycles. The highest BCUT2D eigenvalue weighted by molar-refractivity contribution is 5.44. The number of nitrogens with zero attached hydrogens (tertiary/aromatic N) is 2. The first-order valence-corrected chi connectivity index (χ1v) is 7.32. The molecule has 0 spiro atoms. The quantitative estimate of drug-likeness (QED) is 0.903. The third-order valence-electron chi connectivity index (χ3n) is 3.57. The molecule has 0 saturated carbocycles. The molecule has 1 aromatic rings. The third-order valence-corrected chi connectivity index (χ3v) is 3.57. The number of pyridine rings is 1. The standard InChI is InChI=1S/C16H26N2O2/c1-11-8-18(9-12(2)20-11)15-7-13(10-19)6-14(17-15)16(3,4)5/h6-7,11-12,19H,8-10H2,1-5H3/t11-,12+. The van der Waals surface area contributed by atoms with Crippen LogP contribution < -0.4 is 4.90 Å². The van der Waals surface area contributed by atoms with Gasteiger partial charge in [0, 0.05) is 24.2 Å². The van der Waals surface area contributed by atoms with E-state index < -0.39 is 0 Å². The molecule has 0 aromatic carbocycles. The number of hydrogen-bond donors (Lipinski definition) is 1. The van der Waals surface area contributed by atoms with E-state index in [-0.39, 0.29) is 24.2 Å². The van der Waals surface area contributed by atoms with Gasteiger partial charge >= 0.3 is 0 Å². The summed E-state index contributed by atoms with van der Waals surface area (Å²) in [5.74, 6) is 0.948. The van der Waals surface area contributed by atoms with E-state index >= 15 is 0 Å². The zero-order valence-corrected chi connectivity index (χ0v) is 13.2. The molecule has 1 fully saturated rings. The van der Waals surface area contributed by atoms with E-state index in [1.807, 2.05) is 12.1 Å². The molecule has 20 heavy (non-hydrogen) atoms. The van der Waals surface area contributed by atoms with Crippen molar-refractivity contribution in [2.75, 3.05) is 18.0 Å². The van der Waals surface area contributed by atoms with Gasteiger partial charge in [-0.15, -0.1) is 0 Å². The molecule has 1 N–H and O–H groups in total. The molecular formula is C16H26N2O2. The van der Waals surface area contributed by atoms with Crippen LogP contribution in [0.5, 0.6) is 0 Å². The van der Waals surface area contributed by atoms with Crippen molar-refractivity contribution in [2.24, 2.45) is 0 Å². The van der Waals surface area contributed by atoms with Gasteiger partial charge in [0.2, 0.25) is 0 Å². The Hall–Kier alpha value is -1.13. The van der Waals surface area contributed by atoms with Crippen LogP contribution in [-0.2, 0) is 16.8 Å². The molecule has 0 amide bonds. The molecule has 112 valence electrons. The Morgan fingerprint density at radius 3 is 2.35 bits per heavy atom. The normalized spacial score (nSPS) is 24.0. The first-order chi connectivity index (χ1) is 9.29. The van der Waals surface area contributed by atoms with E-state index in [1.54, 1.807) is 0 Å². The van der Waals surface area contributed by atoms with Crippen molar-refractivity contribution in [1.82, 2.24) is 4.98 Å². The van der Waals surface area contributed by atoms with Crippen LogP contribution in [0.2, 0.25) is 0 Å². The maximum atomic E-state index is 9.48. The van der Waals surface area contributed by atoms with E-state index in [0.29, 0.717) is 0 Å². The second-order valence-corrected chi connectivity index (χ2v) is 6.79. The number of aliphatic hydroxyl groups excluding tert-OH is 1. The molecule has 0 aliphatic carbocycles. The second kappa shape index (κ2) is 5.70. The number of aliphatic hydroxyl groups is 1. The molecule has 0 bridgehead atoms. The van der Waals surface area contributed by atoms with Crippen LogP contribution in [0.3, 0.4) is 0 Å². The highest BCUT2D eigenvalue weighted by atomic mass is 16.5. The van der Waals surface area contributed by atoms with Crippen LogP contribution in [-0.4, -0.2) is 35.4 Å². The van der Waals surface area contributed by atoms with Crippen LogP contribution in [0.15, 0.2) is 12.1 Å². The van der Waals surface area contributed by atoms with Gasteiger partial charge in [0.25, 0.3) is 0 Å². The Balaban J connectivity index is 2.35. The van der Waals surface area contributed by atoms with Crippen LogP contribution >= 0.6 is 0 Å². The summed E-state index contributed by atoms with van der Waals surface area (Å²) in [6.07, 6.45) is 0.410. The van der Waals surface area contributed by atoms with E-state index in [2.05, 4.69) is 39.5 Å². The van der Waals surface area contributed by atoms with Crippen molar-refractivity contribution in [2.45, 2.75) is 58.8 Å². The minimum atomic E-state index is -0.0244. The molecule has 2 atom stereocenters. The molecule has 2 rings (SSSR count). The number of hydrogen-bond acceptors (Lipinski definition) is 4. The molecule has 4 heteroatoms. The Morgan fingerprint density at radius 1 is 1.25 bits per heavy atom. The SMILES string of the molecule is C[C@@H]1CN(c2cc(CO)cc(C(C)(C)C)n2)C[C@H](C)O1. The highest BCUT2D eigenvalue weighted by Crippen LogP contribution is 2.26. The van der Waals surface area contributed by atoms with Crippen LogP contribution in [0.25, 0.3) is 0 Å². The summed E-state index contributed by atoms with van der Waals surface area (Å²) < 4.78 is 5.77. The van der Waals surface area contributed by atoms with Gasteiger partial charge in [0.05, 0.1) is 18.8 Å². The smallest absolute Gasteiger partial charge is 0.129 e. The summed E-state index contributed by atoms with van der Waals surface area (Å²) in [4.78, 5) is 7.06. The summed E-state index contributed by atoms with van der Waals surface area (Å²) in [5.41, 5.74) is 1.92. The zero-order valence-electron chi connectivity index (χ0n) is 13.2. The fourth-order valence-corrected chi connectivity index (χ4v) is 2.57. The van der Waals surface area contributed by atoms with Gasteiger partial charge in [-0.3, -0.25) is 0 Å². The number of anilines is 1. The third kappa shape index (κ3) is 3.49. The van der Waals surface area contributed by atoms with E-state index in [4.69, 9.17) is 9.72 Å². The molecule has 0 unspecified atom stereocenters. The Kier molecular flexibility index (Phi) is 4.35. The van der Waals surface area contributed by atoms with Gasteiger partial charge < -0.3 is 14.7 Å². The van der Waals surface area contributed by atoms with Gasteiger partial charge in [-0.05, 0) is 31.5 Å². The summed E-state index contributed by atoms with van der Waals surface area (Å²) in [6, 6.07) is 3.98. The summed E-state index contributed by atoms with van der Waals surface area (Å²) >= 11 is 0.